The minimum atomic E-state index is -3.79. The lowest BCUT2D eigenvalue weighted by Crippen LogP contribution is -2.44. The van der Waals surface area contributed by atoms with Crippen LogP contribution in [0.5, 0.6) is 0 Å². The molecule has 0 spiro atoms. The van der Waals surface area contributed by atoms with E-state index in [1.165, 1.54) is 29.5 Å². The van der Waals surface area contributed by atoms with Crippen LogP contribution in [0, 0.1) is 5.82 Å². The van der Waals surface area contributed by atoms with Gasteiger partial charge < -0.3 is 4.90 Å². The predicted octanol–water partition coefficient (Wildman–Crippen LogP) is 4.35. The first-order valence-corrected chi connectivity index (χ1v) is 14.4. The highest BCUT2D eigenvalue weighted by Crippen LogP contribution is 2.46. The summed E-state index contributed by atoms with van der Waals surface area (Å²) in [5.74, 6) is -0.0629. The molecule has 202 valence electrons. The number of halogens is 4. The number of benzene rings is 1. The lowest BCUT2D eigenvalue weighted by molar-refractivity contribution is 0.0564. The normalized spacial score (nSPS) is 19.8. The van der Waals surface area contributed by atoms with Gasteiger partial charge in [-0.15, -0.1) is 11.3 Å². The molecule has 15 heteroatoms. The second-order valence-electron chi connectivity index (χ2n) is 8.70. The zero-order chi connectivity index (χ0) is 27.0. The molecule has 2 aromatic heterocycles. The molecule has 4 heterocycles. The summed E-state index contributed by atoms with van der Waals surface area (Å²) in [7, 11) is -3.79. The number of hydrogen-bond acceptors (Lipinski definition) is 7. The zero-order valence-corrected chi connectivity index (χ0v) is 22.4. The molecule has 0 aliphatic carbocycles. The number of amidine groups is 1. The minimum absolute atomic E-state index is 0.107. The van der Waals surface area contributed by atoms with Crippen LogP contribution in [0.1, 0.15) is 48.6 Å². The van der Waals surface area contributed by atoms with Gasteiger partial charge in [-0.25, -0.2) is 18.8 Å². The van der Waals surface area contributed by atoms with E-state index in [1.54, 1.807) is 11.6 Å². The van der Waals surface area contributed by atoms with Gasteiger partial charge in [0.2, 0.25) is 0 Å². The smallest absolute Gasteiger partial charge is 0.326 e. The Balaban J connectivity index is 1.66. The van der Waals surface area contributed by atoms with Crippen LogP contribution in [-0.2, 0) is 10.2 Å². The number of thiazole rings is 1. The van der Waals surface area contributed by atoms with Crippen molar-refractivity contribution in [2.75, 3.05) is 13.1 Å². The van der Waals surface area contributed by atoms with Crippen molar-refractivity contribution in [3.05, 3.63) is 74.8 Å². The van der Waals surface area contributed by atoms with E-state index in [0.717, 1.165) is 12.3 Å². The lowest BCUT2D eigenvalue weighted by atomic mass is 9.92. The summed E-state index contributed by atoms with van der Waals surface area (Å²) in [4.78, 5) is 11.1. The molecule has 5 rings (SSSR count). The third-order valence-electron chi connectivity index (χ3n) is 6.09. The van der Waals surface area contributed by atoms with Gasteiger partial charge in [0.05, 0.1) is 5.69 Å². The van der Waals surface area contributed by atoms with Gasteiger partial charge in [-0.1, -0.05) is 24.6 Å². The van der Waals surface area contributed by atoms with Crippen molar-refractivity contribution in [2.24, 2.45) is 4.99 Å². The van der Waals surface area contributed by atoms with Gasteiger partial charge in [-0.2, -0.15) is 27.0 Å². The van der Waals surface area contributed by atoms with Crippen molar-refractivity contribution in [2.45, 2.75) is 38.4 Å². The standard InChI is InChI=1S/C23H23ClF3N7O2S2/c1-2-6-29-38(35,36)32-14-11-18-19(17-5-8-34(31-17)23(26)27)20(15-4-3-13(25)10-16(15)24)30-21(33(18)12-14)22-28-7-9-37-22/h3-5,7-10,14,20,23,29,32H,2,6,11-12H2,1H3/t14-,20-/m0/s1. The Labute approximate surface area is 226 Å². The van der Waals surface area contributed by atoms with Crippen LogP contribution in [0.15, 0.2) is 52.7 Å². The summed E-state index contributed by atoms with van der Waals surface area (Å²) in [6, 6.07) is 3.96. The maximum Gasteiger partial charge on any atom is 0.333 e. The van der Waals surface area contributed by atoms with Crippen molar-refractivity contribution in [3.8, 4) is 0 Å². The average Bonchev–Trinajstić information content (AvgIpc) is 3.62. The first kappa shape index (κ1) is 26.8. The highest BCUT2D eigenvalue weighted by molar-refractivity contribution is 7.87. The van der Waals surface area contributed by atoms with Gasteiger partial charge in [0.25, 0.3) is 10.2 Å². The number of rotatable bonds is 9. The quantitative estimate of drug-likeness (QED) is 0.389. The Morgan fingerprint density at radius 1 is 1.29 bits per heavy atom. The molecule has 1 saturated heterocycles. The van der Waals surface area contributed by atoms with E-state index in [0.29, 0.717) is 38.8 Å². The number of hydrogen-bond donors (Lipinski definition) is 2. The molecule has 2 atom stereocenters. The van der Waals surface area contributed by atoms with Crippen LogP contribution >= 0.6 is 22.9 Å². The summed E-state index contributed by atoms with van der Waals surface area (Å²) in [5, 5.41) is 6.55. The van der Waals surface area contributed by atoms with Crippen LogP contribution in [-0.4, -0.2) is 53.0 Å². The number of aliphatic imine (C=N–C) groups is 1. The fourth-order valence-electron chi connectivity index (χ4n) is 4.53. The molecule has 38 heavy (non-hydrogen) atoms. The van der Waals surface area contributed by atoms with E-state index in [1.807, 2.05) is 11.8 Å². The summed E-state index contributed by atoms with van der Waals surface area (Å²) < 4.78 is 71.7. The minimum Gasteiger partial charge on any atom is -0.326 e. The summed E-state index contributed by atoms with van der Waals surface area (Å²) in [6.07, 6.45) is 3.63. The summed E-state index contributed by atoms with van der Waals surface area (Å²) in [5.41, 5.74) is 1.79. The number of nitrogens with zero attached hydrogens (tertiary/aromatic N) is 5. The fourth-order valence-corrected chi connectivity index (χ4v) is 6.59. The maximum absolute atomic E-state index is 13.9. The summed E-state index contributed by atoms with van der Waals surface area (Å²) >= 11 is 7.79. The van der Waals surface area contributed by atoms with E-state index >= 15 is 0 Å². The Bertz CT molecular complexity index is 1490. The average molecular weight is 586 g/mol. The van der Waals surface area contributed by atoms with E-state index in [-0.39, 0.29) is 30.2 Å². The van der Waals surface area contributed by atoms with Crippen molar-refractivity contribution in [1.82, 2.24) is 29.1 Å². The van der Waals surface area contributed by atoms with E-state index < -0.39 is 34.7 Å². The number of nitrogens with one attached hydrogen (secondary N) is 2. The van der Waals surface area contributed by atoms with Crippen LogP contribution in [0.4, 0.5) is 13.2 Å². The van der Waals surface area contributed by atoms with Crippen LogP contribution < -0.4 is 9.44 Å². The molecule has 0 saturated carbocycles. The molecule has 2 N–H and O–H groups in total. The second-order valence-corrected chi connectivity index (χ2v) is 11.5. The van der Waals surface area contributed by atoms with Crippen molar-refractivity contribution in [1.29, 1.82) is 0 Å². The Morgan fingerprint density at radius 3 is 2.76 bits per heavy atom. The number of aromatic nitrogens is 3. The molecule has 0 bridgehead atoms. The van der Waals surface area contributed by atoms with Crippen molar-refractivity contribution >= 4 is 44.6 Å². The summed E-state index contributed by atoms with van der Waals surface area (Å²) in [6.45, 7) is -0.499. The fraction of sp³-hybridized carbons (Fsp3) is 0.348. The molecule has 0 radical (unpaired) electrons. The van der Waals surface area contributed by atoms with Gasteiger partial charge in [-0.05, 0) is 24.6 Å². The van der Waals surface area contributed by atoms with Crippen LogP contribution in [0.3, 0.4) is 0 Å². The Kier molecular flexibility index (Phi) is 7.60. The molecule has 0 amide bonds. The SMILES string of the molecule is CCCNS(=O)(=O)N[C@H]1CC2=C(c3ccn(C(F)F)n3)[C@H](c3ccc(F)cc3Cl)N=C(c3nccs3)N2C1. The van der Waals surface area contributed by atoms with Gasteiger partial charge in [0.15, 0.2) is 10.8 Å². The van der Waals surface area contributed by atoms with Crippen molar-refractivity contribution < 1.29 is 21.6 Å². The largest absolute Gasteiger partial charge is 0.333 e. The molecule has 1 fully saturated rings. The topological polar surface area (TPSA) is 105 Å². The van der Waals surface area contributed by atoms with Gasteiger partial charge >= 0.3 is 6.55 Å². The molecule has 9 nitrogen and oxygen atoms in total. The van der Waals surface area contributed by atoms with Crippen LogP contribution in [0.2, 0.25) is 5.02 Å². The second kappa shape index (κ2) is 10.8. The maximum atomic E-state index is 13.9. The third-order valence-corrected chi connectivity index (χ3v) is 8.41. The molecule has 1 aromatic carbocycles. The predicted molar refractivity (Wildman–Crippen MR) is 139 cm³/mol. The highest BCUT2D eigenvalue weighted by Gasteiger charge is 2.41. The molecule has 2 aliphatic heterocycles. The Morgan fingerprint density at radius 2 is 2.11 bits per heavy atom. The first-order chi connectivity index (χ1) is 18.2. The number of fused-ring (bicyclic) bond motifs is 1. The lowest BCUT2D eigenvalue weighted by Gasteiger charge is -2.32. The highest BCUT2D eigenvalue weighted by atomic mass is 35.5. The molecular formula is C23H23ClF3N7O2S2. The van der Waals surface area contributed by atoms with Gasteiger partial charge in [0, 0.05) is 65.2 Å². The third kappa shape index (κ3) is 5.36. The van der Waals surface area contributed by atoms with Gasteiger partial charge in [-0.3, -0.25) is 4.99 Å². The van der Waals surface area contributed by atoms with E-state index in [9.17, 15) is 21.6 Å². The molecule has 0 unspecified atom stereocenters. The van der Waals surface area contributed by atoms with E-state index in [4.69, 9.17) is 16.6 Å². The monoisotopic (exact) mass is 585 g/mol. The zero-order valence-electron chi connectivity index (χ0n) is 20.0. The van der Waals surface area contributed by atoms with Crippen molar-refractivity contribution in [3.63, 3.8) is 0 Å². The van der Waals surface area contributed by atoms with Gasteiger partial charge in [0.1, 0.15) is 11.9 Å². The molecular weight excluding hydrogens is 563 g/mol. The van der Waals surface area contributed by atoms with E-state index in [2.05, 4.69) is 19.5 Å². The van der Waals surface area contributed by atoms with Crippen LogP contribution in [0.25, 0.3) is 5.57 Å². The molecule has 3 aromatic rings. The Hall–Kier alpha value is -2.78. The first-order valence-electron chi connectivity index (χ1n) is 11.7. The number of alkyl halides is 2. The molecule has 2 aliphatic rings.